The van der Waals surface area contributed by atoms with Gasteiger partial charge in [-0.25, -0.2) is 9.97 Å². The minimum Gasteiger partial charge on any atom is -0.494 e. The van der Waals surface area contributed by atoms with E-state index in [1.54, 1.807) is 18.3 Å². The van der Waals surface area contributed by atoms with Crippen molar-refractivity contribution in [2.75, 3.05) is 51.6 Å². The van der Waals surface area contributed by atoms with Crippen LogP contribution in [-0.4, -0.2) is 70.9 Å². The molecule has 0 radical (unpaired) electrons. The van der Waals surface area contributed by atoms with Crippen molar-refractivity contribution in [2.45, 2.75) is 13.5 Å². The lowest BCUT2D eigenvalue weighted by Crippen LogP contribution is -2.28. The molecule has 0 aliphatic carbocycles. The first kappa shape index (κ1) is 24.9. The van der Waals surface area contributed by atoms with Crippen LogP contribution in [0.3, 0.4) is 0 Å². The molecule has 0 amide bonds. The number of benzene rings is 2. The number of nitro benzene ring substituents is 1. The average Bonchev–Trinajstić information content (AvgIpc) is 3.26. The molecule has 11 heteroatoms. The van der Waals surface area contributed by atoms with Gasteiger partial charge in [0, 0.05) is 50.4 Å². The number of rotatable bonds is 10. The molecule has 0 aliphatic heterocycles. The predicted octanol–water partition coefficient (Wildman–Crippen LogP) is 4.17. The van der Waals surface area contributed by atoms with Gasteiger partial charge in [0.25, 0.3) is 5.69 Å². The molecule has 4 aromatic rings. The van der Waals surface area contributed by atoms with Gasteiger partial charge in [-0.15, -0.1) is 0 Å². The summed E-state index contributed by atoms with van der Waals surface area (Å²) in [5, 5.41) is 20.7. The Morgan fingerprint density at radius 3 is 2.61 bits per heavy atom. The van der Waals surface area contributed by atoms with Crippen molar-refractivity contribution in [3.05, 3.63) is 58.8 Å². The highest BCUT2D eigenvalue weighted by Crippen LogP contribution is 2.39. The summed E-state index contributed by atoms with van der Waals surface area (Å²) >= 11 is 0. The summed E-state index contributed by atoms with van der Waals surface area (Å²) in [6, 6.07) is 12.9. The van der Waals surface area contributed by atoms with E-state index < -0.39 is 4.92 Å². The van der Waals surface area contributed by atoms with Crippen molar-refractivity contribution in [2.24, 2.45) is 0 Å². The number of aromatic nitrogens is 4. The summed E-state index contributed by atoms with van der Waals surface area (Å²) in [6.45, 7) is 4.14. The third-order valence-corrected chi connectivity index (χ3v) is 5.89. The Morgan fingerprint density at radius 2 is 1.92 bits per heavy atom. The van der Waals surface area contributed by atoms with Crippen LogP contribution in [0.15, 0.2) is 48.7 Å². The van der Waals surface area contributed by atoms with E-state index in [0.29, 0.717) is 29.4 Å². The molecule has 0 saturated heterocycles. The Balaban J connectivity index is 1.70. The monoisotopic (exact) mass is 490 g/mol. The molecule has 0 spiro atoms. The van der Waals surface area contributed by atoms with Crippen molar-refractivity contribution in [1.29, 1.82) is 0 Å². The number of aryl methyl sites for hydroxylation is 1. The second kappa shape index (κ2) is 10.6. The normalized spacial score (nSPS) is 11.2. The standard InChI is InChI=1S/C25H30N8O3/c1-6-32-20-10-8-7-9-17(20)24(29-32)18-11-12-26-25(27-18)28-19-15-22(33(34)35)21(16-23(19)36-5)31(4)14-13-30(2)3/h7-12,15-16H,6,13-14H2,1-5H3,(H,26,27,28). The molecule has 4 rings (SSSR count). The maximum atomic E-state index is 11.9. The number of nitrogens with one attached hydrogen (secondary N) is 1. The van der Waals surface area contributed by atoms with Gasteiger partial charge in [0.15, 0.2) is 0 Å². The van der Waals surface area contributed by atoms with Crippen LogP contribution < -0.4 is 15.0 Å². The third kappa shape index (κ3) is 5.05. The van der Waals surface area contributed by atoms with Crippen molar-refractivity contribution in [3.8, 4) is 17.1 Å². The van der Waals surface area contributed by atoms with Gasteiger partial charge in [0.2, 0.25) is 5.95 Å². The van der Waals surface area contributed by atoms with Crippen LogP contribution in [0.2, 0.25) is 0 Å². The van der Waals surface area contributed by atoms with Crippen LogP contribution in [0.4, 0.5) is 23.0 Å². The quantitative estimate of drug-likeness (QED) is 0.258. The van der Waals surface area contributed by atoms with Crippen molar-refractivity contribution in [1.82, 2.24) is 24.6 Å². The average molecular weight is 491 g/mol. The number of nitrogens with zero attached hydrogens (tertiary/aromatic N) is 7. The maximum absolute atomic E-state index is 11.9. The number of anilines is 3. The highest BCUT2D eigenvalue weighted by molar-refractivity contribution is 5.92. The Morgan fingerprint density at radius 1 is 1.14 bits per heavy atom. The summed E-state index contributed by atoms with van der Waals surface area (Å²) in [6.07, 6.45) is 1.63. The molecule has 0 fully saturated rings. The number of hydrogen-bond donors (Lipinski definition) is 1. The van der Waals surface area contributed by atoms with Crippen LogP contribution in [0.1, 0.15) is 6.92 Å². The van der Waals surface area contributed by atoms with Crippen LogP contribution in [0.25, 0.3) is 22.3 Å². The van der Waals surface area contributed by atoms with E-state index in [1.165, 1.54) is 13.2 Å². The molecule has 2 aromatic heterocycles. The zero-order valence-corrected chi connectivity index (χ0v) is 21.1. The van der Waals surface area contributed by atoms with E-state index >= 15 is 0 Å². The molecule has 11 nitrogen and oxygen atoms in total. The largest absolute Gasteiger partial charge is 0.494 e. The summed E-state index contributed by atoms with van der Waals surface area (Å²) < 4.78 is 7.49. The third-order valence-electron chi connectivity index (χ3n) is 5.89. The highest BCUT2D eigenvalue weighted by Gasteiger charge is 2.22. The van der Waals surface area contributed by atoms with E-state index in [2.05, 4.69) is 15.3 Å². The van der Waals surface area contributed by atoms with Crippen LogP contribution >= 0.6 is 0 Å². The van der Waals surface area contributed by atoms with Crippen molar-refractivity contribution >= 4 is 33.9 Å². The number of methoxy groups -OCH3 is 1. The van der Waals surface area contributed by atoms with Gasteiger partial charge in [-0.05, 0) is 33.2 Å². The molecule has 0 bridgehead atoms. The fraction of sp³-hybridized carbons (Fsp3) is 0.320. The fourth-order valence-corrected chi connectivity index (χ4v) is 3.98. The molecule has 2 aromatic carbocycles. The number of nitro groups is 1. The lowest BCUT2D eigenvalue weighted by atomic mass is 10.1. The highest BCUT2D eigenvalue weighted by atomic mass is 16.6. The second-order valence-electron chi connectivity index (χ2n) is 8.60. The molecule has 2 heterocycles. The Labute approximate surface area is 209 Å². The molecule has 0 atom stereocenters. The Hall–Kier alpha value is -4.25. The number of fused-ring (bicyclic) bond motifs is 1. The molecule has 0 saturated carbocycles. The topological polar surface area (TPSA) is 114 Å². The Kier molecular flexibility index (Phi) is 7.30. The van der Waals surface area contributed by atoms with E-state index in [0.717, 1.165) is 29.7 Å². The number of ether oxygens (including phenoxy) is 1. The summed E-state index contributed by atoms with van der Waals surface area (Å²) in [5.74, 6) is 0.728. The zero-order valence-electron chi connectivity index (χ0n) is 21.1. The van der Waals surface area contributed by atoms with Gasteiger partial charge < -0.3 is 19.9 Å². The first-order chi connectivity index (χ1) is 17.3. The maximum Gasteiger partial charge on any atom is 0.294 e. The van der Waals surface area contributed by atoms with Crippen LogP contribution in [-0.2, 0) is 6.54 Å². The fourth-order valence-electron chi connectivity index (χ4n) is 3.98. The van der Waals surface area contributed by atoms with Gasteiger partial charge in [0.1, 0.15) is 17.1 Å². The van der Waals surface area contributed by atoms with Crippen molar-refractivity contribution < 1.29 is 9.66 Å². The van der Waals surface area contributed by atoms with Gasteiger partial charge in [0.05, 0.1) is 28.9 Å². The van der Waals surface area contributed by atoms with Crippen LogP contribution in [0.5, 0.6) is 5.75 Å². The lowest BCUT2D eigenvalue weighted by Gasteiger charge is -2.22. The van der Waals surface area contributed by atoms with Gasteiger partial charge in [-0.3, -0.25) is 14.8 Å². The summed E-state index contributed by atoms with van der Waals surface area (Å²) in [5.41, 5.74) is 3.24. The predicted molar refractivity (Wildman–Crippen MR) is 141 cm³/mol. The number of hydrogen-bond acceptors (Lipinski definition) is 9. The molecule has 0 aliphatic rings. The first-order valence-corrected chi connectivity index (χ1v) is 11.6. The molecular weight excluding hydrogens is 460 g/mol. The van der Waals surface area contributed by atoms with Crippen molar-refractivity contribution in [3.63, 3.8) is 0 Å². The minimum atomic E-state index is -0.396. The molecular formula is C25H30N8O3. The lowest BCUT2D eigenvalue weighted by molar-refractivity contribution is -0.384. The molecule has 1 N–H and O–H groups in total. The SMILES string of the molecule is CCn1nc(-c2ccnc(Nc3cc([N+](=O)[O-])c(N(C)CCN(C)C)cc3OC)n2)c2ccccc21. The van der Waals surface area contributed by atoms with Gasteiger partial charge >= 0.3 is 0 Å². The van der Waals surface area contributed by atoms with E-state index in [1.807, 2.05) is 66.8 Å². The minimum absolute atomic E-state index is 0.0385. The zero-order chi connectivity index (χ0) is 25.8. The number of para-hydroxylation sites is 1. The van der Waals surface area contributed by atoms with Gasteiger partial charge in [-0.1, -0.05) is 18.2 Å². The van der Waals surface area contributed by atoms with E-state index in [9.17, 15) is 10.1 Å². The molecule has 0 unspecified atom stereocenters. The molecule has 36 heavy (non-hydrogen) atoms. The van der Waals surface area contributed by atoms with E-state index in [-0.39, 0.29) is 11.6 Å². The summed E-state index contributed by atoms with van der Waals surface area (Å²) in [7, 11) is 7.26. The summed E-state index contributed by atoms with van der Waals surface area (Å²) in [4.78, 5) is 24.4. The smallest absolute Gasteiger partial charge is 0.294 e. The second-order valence-corrected chi connectivity index (χ2v) is 8.60. The first-order valence-electron chi connectivity index (χ1n) is 11.6. The molecule has 188 valence electrons. The van der Waals surface area contributed by atoms with Gasteiger partial charge in [-0.2, -0.15) is 5.10 Å². The van der Waals surface area contributed by atoms with E-state index in [4.69, 9.17) is 9.84 Å². The Bertz CT molecular complexity index is 1390. The number of likely N-dealkylation sites (N-methyl/N-ethyl adjacent to an activating group) is 2. The van der Waals surface area contributed by atoms with Crippen LogP contribution in [0, 0.1) is 10.1 Å².